The fourth-order valence-electron chi connectivity index (χ4n) is 3.19. The minimum atomic E-state index is -4.20. The number of benzene rings is 1. The van der Waals surface area contributed by atoms with Crippen LogP contribution >= 0.6 is 24.0 Å². The SMILES string of the molecule is CCCOc1ccc(CNC(=NC)N2CCN(C(C)C(F)(F)F)CC2)cc1OC.I. The van der Waals surface area contributed by atoms with Crippen LogP contribution in [-0.4, -0.2) is 74.9 Å². The summed E-state index contributed by atoms with van der Waals surface area (Å²) < 4.78 is 49.8. The molecule has 1 atom stereocenters. The highest BCUT2D eigenvalue weighted by molar-refractivity contribution is 14.0. The third kappa shape index (κ3) is 7.36. The third-order valence-electron chi connectivity index (χ3n) is 4.99. The Labute approximate surface area is 193 Å². The summed E-state index contributed by atoms with van der Waals surface area (Å²) in [7, 11) is 3.28. The van der Waals surface area contributed by atoms with Gasteiger partial charge in [0.15, 0.2) is 17.5 Å². The van der Waals surface area contributed by atoms with E-state index in [9.17, 15) is 13.2 Å². The fourth-order valence-corrected chi connectivity index (χ4v) is 3.19. The van der Waals surface area contributed by atoms with E-state index in [1.54, 1.807) is 14.2 Å². The van der Waals surface area contributed by atoms with Crippen LogP contribution in [0.4, 0.5) is 13.2 Å². The van der Waals surface area contributed by atoms with Gasteiger partial charge in [-0.3, -0.25) is 9.89 Å². The van der Waals surface area contributed by atoms with Gasteiger partial charge in [-0.1, -0.05) is 13.0 Å². The van der Waals surface area contributed by atoms with E-state index in [0.29, 0.717) is 56.8 Å². The van der Waals surface area contributed by atoms with Crippen LogP contribution in [0.2, 0.25) is 0 Å². The minimum Gasteiger partial charge on any atom is -0.493 e. The van der Waals surface area contributed by atoms with Gasteiger partial charge in [0.2, 0.25) is 0 Å². The molecule has 0 aromatic heterocycles. The summed E-state index contributed by atoms with van der Waals surface area (Å²) in [5.74, 6) is 2.05. The third-order valence-corrected chi connectivity index (χ3v) is 4.99. The number of rotatable bonds is 7. The predicted octanol–water partition coefficient (Wildman–Crippen LogP) is 3.75. The molecule has 0 spiro atoms. The first-order valence-corrected chi connectivity index (χ1v) is 9.86. The van der Waals surface area contributed by atoms with Crippen molar-refractivity contribution in [2.75, 3.05) is 46.9 Å². The second-order valence-electron chi connectivity index (χ2n) is 6.98. The molecule has 30 heavy (non-hydrogen) atoms. The first-order chi connectivity index (χ1) is 13.8. The van der Waals surface area contributed by atoms with Crippen molar-refractivity contribution in [1.82, 2.24) is 15.1 Å². The summed E-state index contributed by atoms with van der Waals surface area (Å²) in [5, 5.41) is 3.28. The first kappa shape index (κ1) is 26.6. The maximum Gasteiger partial charge on any atom is 0.403 e. The molecule has 1 saturated heterocycles. The van der Waals surface area contributed by atoms with Gasteiger partial charge < -0.3 is 19.7 Å². The zero-order valence-electron chi connectivity index (χ0n) is 18.0. The van der Waals surface area contributed by atoms with Gasteiger partial charge in [-0.25, -0.2) is 0 Å². The lowest BCUT2D eigenvalue weighted by Gasteiger charge is -2.39. The molecule has 6 nitrogen and oxygen atoms in total. The van der Waals surface area contributed by atoms with Crippen LogP contribution in [0.15, 0.2) is 23.2 Å². The first-order valence-electron chi connectivity index (χ1n) is 9.86. The molecule has 10 heteroatoms. The monoisotopic (exact) mass is 544 g/mol. The van der Waals surface area contributed by atoms with E-state index in [4.69, 9.17) is 9.47 Å². The molecule has 1 unspecified atom stereocenters. The molecule has 0 bridgehead atoms. The summed E-state index contributed by atoms with van der Waals surface area (Å²) in [5.41, 5.74) is 0.996. The van der Waals surface area contributed by atoms with Gasteiger partial charge in [0, 0.05) is 39.8 Å². The van der Waals surface area contributed by atoms with E-state index >= 15 is 0 Å². The lowest BCUT2D eigenvalue weighted by molar-refractivity contribution is -0.181. The average molecular weight is 544 g/mol. The number of hydrogen-bond acceptors (Lipinski definition) is 4. The number of methoxy groups -OCH3 is 1. The van der Waals surface area contributed by atoms with E-state index in [1.165, 1.54) is 11.8 Å². The van der Waals surface area contributed by atoms with Crippen molar-refractivity contribution in [1.29, 1.82) is 0 Å². The van der Waals surface area contributed by atoms with Crippen LogP contribution in [0.25, 0.3) is 0 Å². The lowest BCUT2D eigenvalue weighted by atomic mass is 10.2. The number of nitrogens with zero attached hydrogens (tertiary/aromatic N) is 3. The zero-order valence-corrected chi connectivity index (χ0v) is 20.3. The maximum absolute atomic E-state index is 12.9. The molecule has 1 aliphatic rings. The van der Waals surface area contributed by atoms with Crippen LogP contribution < -0.4 is 14.8 Å². The van der Waals surface area contributed by atoms with Crippen molar-refractivity contribution in [2.45, 2.75) is 39.0 Å². The summed E-state index contributed by atoms with van der Waals surface area (Å²) >= 11 is 0. The van der Waals surface area contributed by atoms with E-state index in [0.717, 1.165) is 12.0 Å². The molecule has 1 N–H and O–H groups in total. The Kier molecular flexibility index (Phi) is 11.0. The Morgan fingerprint density at radius 2 is 1.87 bits per heavy atom. The molecule has 1 fully saturated rings. The van der Waals surface area contributed by atoms with Crippen molar-refractivity contribution in [2.24, 2.45) is 4.99 Å². The van der Waals surface area contributed by atoms with Gasteiger partial charge in [0.1, 0.15) is 6.04 Å². The standard InChI is InChI=1S/C20H31F3N4O2.HI/c1-5-12-29-17-7-6-16(13-18(17)28-4)14-25-19(24-3)27-10-8-26(9-11-27)15(2)20(21,22)23;/h6-7,13,15H,5,8-12,14H2,1-4H3,(H,24,25);1H. The lowest BCUT2D eigenvalue weighted by Crippen LogP contribution is -2.56. The molecular formula is C20H32F3IN4O2. The van der Waals surface area contributed by atoms with Crippen molar-refractivity contribution >= 4 is 29.9 Å². The number of halogens is 4. The summed E-state index contributed by atoms with van der Waals surface area (Å²) in [4.78, 5) is 7.72. The quantitative estimate of drug-likeness (QED) is 0.322. The van der Waals surface area contributed by atoms with Gasteiger partial charge >= 0.3 is 6.18 Å². The largest absolute Gasteiger partial charge is 0.493 e. The van der Waals surface area contributed by atoms with Gasteiger partial charge in [0.05, 0.1) is 13.7 Å². The van der Waals surface area contributed by atoms with E-state index < -0.39 is 12.2 Å². The van der Waals surface area contributed by atoms with Gasteiger partial charge in [-0.15, -0.1) is 24.0 Å². The molecule has 0 amide bonds. The number of hydrogen-bond donors (Lipinski definition) is 1. The number of alkyl halides is 3. The molecule has 0 radical (unpaired) electrons. The predicted molar refractivity (Wildman–Crippen MR) is 123 cm³/mol. The highest BCUT2D eigenvalue weighted by atomic mass is 127. The Bertz CT molecular complexity index is 681. The number of guanidine groups is 1. The molecular weight excluding hydrogens is 512 g/mol. The molecule has 1 aromatic carbocycles. The van der Waals surface area contributed by atoms with Crippen LogP contribution in [0.1, 0.15) is 25.8 Å². The summed E-state index contributed by atoms with van der Waals surface area (Å²) in [6.07, 6.45) is -3.29. The summed E-state index contributed by atoms with van der Waals surface area (Å²) in [6, 6.07) is 4.32. The highest BCUT2D eigenvalue weighted by Crippen LogP contribution is 2.28. The second kappa shape index (κ2) is 12.4. The molecule has 2 rings (SSSR count). The molecule has 1 aromatic rings. The average Bonchev–Trinajstić information content (AvgIpc) is 2.72. The van der Waals surface area contributed by atoms with Gasteiger partial charge in [0.25, 0.3) is 0 Å². The Balaban J connectivity index is 0.00000450. The topological polar surface area (TPSA) is 49.3 Å². The highest BCUT2D eigenvalue weighted by Gasteiger charge is 2.41. The molecule has 0 saturated carbocycles. The van der Waals surface area contributed by atoms with E-state index in [2.05, 4.69) is 10.3 Å². The Morgan fingerprint density at radius 3 is 2.40 bits per heavy atom. The van der Waals surface area contributed by atoms with Gasteiger partial charge in [-0.2, -0.15) is 13.2 Å². The number of nitrogens with one attached hydrogen (secondary N) is 1. The molecule has 172 valence electrons. The maximum atomic E-state index is 12.9. The van der Waals surface area contributed by atoms with Crippen molar-refractivity contribution in [3.05, 3.63) is 23.8 Å². The minimum absolute atomic E-state index is 0. The fraction of sp³-hybridized carbons (Fsp3) is 0.650. The van der Waals surface area contributed by atoms with Crippen LogP contribution in [-0.2, 0) is 6.54 Å². The number of ether oxygens (including phenoxy) is 2. The molecule has 1 aliphatic heterocycles. The Hall–Kier alpha value is -1.43. The smallest absolute Gasteiger partial charge is 0.403 e. The Morgan fingerprint density at radius 1 is 1.20 bits per heavy atom. The van der Waals surface area contributed by atoms with Crippen LogP contribution in [0.5, 0.6) is 11.5 Å². The van der Waals surface area contributed by atoms with E-state index in [1.807, 2.05) is 30.0 Å². The van der Waals surface area contributed by atoms with Crippen LogP contribution in [0, 0.1) is 0 Å². The normalized spacial score (nSPS) is 16.6. The van der Waals surface area contributed by atoms with Crippen LogP contribution in [0.3, 0.4) is 0 Å². The van der Waals surface area contributed by atoms with Crippen molar-refractivity contribution in [3.63, 3.8) is 0 Å². The van der Waals surface area contributed by atoms with E-state index in [-0.39, 0.29) is 24.0 Å². The number of aliphatic imine (C=N–C) groups is 1. The molecule has 0 aliphatic carbocycles. The number of piperazine rings is 1. The molecule has 1 heterocycles. The van der Waals surface area contributed by atoms with Crippen molar-refractivity contribution < 1.29 is 22.6 Å². The second-order valence-corrected chi connectivity index (χ2v) is 6.98. The van der Waals surface area contributed by atoms with Gasteiger partial charge in [-0.05, 0) is 31.0 Å². The summed E-state index contributed by atoms with van der Waals surface area (Å²) in [6.45, 7) is 6.08. The van der Waals surface area contributed by atoms with Crippen molar-refractivity contribution in [3.8, 4) is 11.5 Å². The zero-order chi connectivity index (χ0) is 21.4.